The SMILES string of the molecule is CSc1ccc(S(=O)(=O)NC(C)(C)CC(C)(C)C)cc1C(=O)N1CCOCC1. The maximum absolute atomic E-state index is 13.0. The zero-order chi connectivity index (χ0) is 21.2. The zero-order valence-corrected chi connectivity index (χ0v) is 19.3. The third kappa shape index (κ3) is 6.20. The molecule has 0 bridgehead atoms. The standard InChI is InChI=1S/C20H32N2O4S2/c1-19(2,3)14-20(4,5)21-28(24,25)15-7-8-17(27-6)16(13-15)18(23)22-9-11-26-12-10-22/h7-8,13,21H,9-12,14H2,1-6H3. The summed E-state index contributed by atoms with van der Waals surface area (Å²) in [6.45, 7) is 12.0. The smallest absolute Gasteiger partial charge is 0.255 e. The van der Waals surface area contributed by atoms with Crippen molar-refractivity contribution in [3.63, 3.8) is 0 Å². The lowest BCUT2D eigenvalue weighted by Crippen LogP contribution is -2.45. The molecule has 1 aliphatic rings. The van der Waals surface area contributed by atoms with Gasteiger partial charge >= 0.3 is 0 Å². The Morgan fingerprint density at radius 1 is 1.18 bits per heavy atom. The average molecular weight is 429 g/mol. The van der Waals surface area contributed by atoms with Crippen molar-refractivity contribution in [2.45, 2.75) is 56.4 Å². The van der Waals surface area contributed by atoms with E-state index >= 15 is 0 Å². The molecule has 8 heteroatoms. The van der Waals surface area contributed by atoms with Gasteiger partial charge in [0.25, 0.3) is 5.91 Å². The fraction of sp³-hybridized carbons (Fsp3) is 0.650. The van der Waals surface area contributed by atoms with Gasteiger partial charge in [0.05, 0.1) is 23.7 Å². The van der Waals surface area contributed by atoms with Crippen LogP contribution >= 0.6 is 11.8 Å². The van der Waals surface area contributed by atoms with Crippen molar-refractivity contribution in [2.75, 3.05) is 32.6 Å². The molecule has 2 rings (SSSR count). The van der Waals surface area contributed by atoms with E-state index in [-0.39, 0.29) is 16.2 Å². The van der Waals surface area contributed by atoms with Gasteiger partial charge in [-0.15, -0.1) is 11.8 Å². The summed E-state index contributed by atoms with van der Waals surface area (Å²) in [6, 6.07) is 4.78. The predicted octanol–water partition coefficient (Wildman–Crippen LogP) is 3.37. The van der Waals surface area contributed by atoms with Gasteiger partial charge in [-0.2, -0.15) is 0 Å². The number of rotatable bonds is 6. The molecular weight excluding hydrogens is 396 g/mol. The second kappa shape index (κ2) is 8.73. The zero-order valence-electron chi connectivity index (χ0n) is 17.7. The van der Waals surface area contributed by atoms with E-state index in [9.17, 15) is 13.2 Å². The molecule has 1 N–H and O–H groups in total. The molecule has 28 heavy (non-hydrogen) atoms. The maximum Gasteiger partial charge on any atom is 0.255 e. The third-order valence-corrected chi connectivity index (χ3v) is 6.88. The van der Waals surface area contributed by atoms with Gasteiger partial charge in [-0.25, -0.2) is 13.1 Å². The van der Waals surface area contributed by atoms with Crippen LogP contribution in [0.15, 0.2) is 28.0 Å². The van der Waals surface area contributed by atoms with Crippen LogP contribution in [-0.4, -0.2) is 57.3 Å². The first kappa shape index (κ1) is 23.2. The number of benzene rings is 1. The van der Waals surface area contributed by atoms with E-state index in [1.165, 1.54) is 17.8 Å². The fourth-order valence-electron chi connectivity index (χ4n) is 3.74. The van der Waals surface area contributed by atoms with Crippen molar-refractivity contribution in [2.24, 2.45) is 5.41 Å². The number of hydrogen-bond donors (Lipinski definition) is 1. The summed E-state index contributed by atoms with van der Waals surface area (Å²) < 4.78 is 34.2. The second-order valence-electron chi connectivity index (χ2n) is 8.99. The molecule has 1 aromatic carbocycles. The highest BCUT2D eigenvalue weighted by molar-refractivity contribution is 7.98. The predicted molar refractivity (Wildman–Crippen MR) is 113 cm³/mol. The Balaban J connectivity index is 2.33. The molecule has 0 unspecified atom stereocenters. The summed E-state index contributed by atoms with van der Waals surface area (Å²) in [7, 11) is -3.76. The highest BCUT2D eigenvalue weighted by atomic mass is 32.2. The lowest BCUT2D eigenvalue weighted by molar-refractivity contribution is 0.0300. The van der Waals surface area contributed by atoms with Gasteiger partial charge in [0.2, 0.25) is 10.0 Å². The number of ether oxygens (including phenoxy) is 1. The molecule has 0 spiro atoms. The van der Waals surface area contributed by atoms with Crippen molar-refractivity contribution in [1.29, 1.82) is 0 Å². The van der Waals surface area contributed by atoms with Gasteiger partial charge in [-0.3, -0.25) is 4.79 Å². The minimum atomic E-state index is -3.76. The number of amides is 1. The van der Waals surface area contributed by atoms with Crippen LogP contribution in [0.25, 0.3) is 0 Å². The Labute approximate surface area is 173 Å². The summed E-state index contributed by atoms with van der Waals surface area (Å²) >= 11 is 1.43. The van der Waals surface area contributed by atoms with Gasteiger partial charge < -0.3 is 9.64 Å². The molecule has 0 radical (unpaired) electrons. The van der Waals surface area contributed by atoms with Gasteiger partial charge in [0.1, 0.15) is 0 Å². The van der Waals surface area contributed by atoms with Crippen molar-refractivity contribution < 1.29 is 17.9 Å². The van der Waals surface area contributed by atoms with E-state index in [1.54, 1.807) is 17.0 Å². The Bertz CT molecular complexity index is 808. The van der Waals surface area contributed by atoms with Crippen LogP contribution < -0.4 is 4.72 Å². The molecular formula is C20H32N2O4S2. The largest absolute Gasteiger partial charge is 0.378 e. The van der Waals surface area contributed by atoms with Crippen LogP contribution in [0, 0.1) is 5.41 Å². The molecule has 1 heterocycles. The van der Waals surface area contributed by atoms with Gasteiger partial charge in [-0.1, -0.05) is 20.8 Å². The third-order valence-electron chi connectivity index (χ3n) is 4.39. The van der Waals surface area contributed by atoms with E-state index in [0.29, 0.717) is 38.3 Å². The number of sulfonamides is 1. The number of thioether (sulfide) groups is 1. The molecule has 0 atom stereocenters. The van der Waals surface area contributed by atoms with Crippen LogP contribution in [0.1, 0.15) is 51.4 Å². The number of hydrogen-bond acceptors (Lipinski definition) is 5. The summed E-state index contributed by atoms with van der Waals surface area (Å²) in [5.74, 6) is -0.154. The Kier molecular flexibility index (Phi) is 7.23. The number of carbonyl (C=O) groups is 1. The van der Waals surface area contributed by atoms with Crippen LogP contribution in [0.4, 0.5) is 0 Å². The lowest BCUT2D eigenvalue weighted by atomic mass is 9.82. The summed E-state index contributed by atoms with van der Waals surface area (Å²) in [5.41, 5.74) is -0.207. The number of nitrogens with one attached hydrogen (secondary N) is 1. The lowest BCUT2D eigenvalue weighted by Gasteiger charge is -2.33. The highest BCUT2D eigenvalue weighted by Gasteiger charge is 2.31. The molecule has 1 aliphatic heterocycles. The van der Waals surface area contributed by atoms with Gasteiger partial charge in [0, 0.05) is 23.5 Å². The molecule has 1 aromatic rings. The highest BCUT2D eigenvalue weighted by Crippen LogP contribution is 2.30. The summed E-state index contributed by atoms with van der Waals surface area (Å²) in [4.78, 5) is 15.6. The van der Waals surface area contributed by atoms with E-state index in [4.69, 9.17) is 4.74 Å². The first-order valence-corrected chi connectivity index (χ1v) is 12.1. The van der Waals surface area contributed by atoms with Crippen LogP contribution in [0.3, 0.4) is 0 Å². The number of nitrogens with zero attached hydrogens (tertiary/aromatic N) is 1. The summed E-state index contributed by atoms with van der Waals surface area (Å²) in [5, 5.41) is 0. The van der Waals surface area contributed by atoms with E-state index < -0.39 is 15.6 Å². The quantitative estimate of drug-likeness (QED) is 0.703. The first-order chi connectivity index (χ1) is 12.8. The maximum atomic E-state index is 13.0. The van der Waals surface area contributed by atoms with Gasteiger partial charge in [0.15, 0.2) is 0 Å². The molecule has 1 fully saturated rings. The Hall–Kier alpha value is -1.09. The molecule has 158 valence electrons. The van der Waals surface area contributed by atoms with Crippen molar-refractivity contribution in [3.8, 4) is 0 Å². The van der Waals surface area contributed by atoms with Crippen molar-refractivity contribution >= 4 is 27.7 Å². The van der Waals surface area contributed by atoms with Crippen LogP contribution in [-0.2, 0) is 14.8 Å². The molecule has 1 amide bonds. The molecule has 0 aliphatic carbocycles. The van der Waals surface area contributed by atoms with E-state index in [1.807, 2.05) is 20.1 Å². The molecule has 6 nitrogen and oxygen atoms in total. The number of carbonyl (C=O) groups excluding carboxylic acids is 1. The van der Waals surface area contributed by atoms with Crippen LogP contribution in [0.5, 0.6) is 0 Å². The Morgan fingerprint density at radius 2 is 1.79 bits per heavy atom. The first-order valence-electron chi connectivity index (χ1n) is 9.44. The van der Waals surface area contributed by atoms with Crippen molar-refractivity contribution in [1.82, 2.24) is 9.62 Å². The molecule has 1 saturated heterocycles. The monoisotopic (exact) mass is 428 g/mol. The average Bonchev–Trinajstić information content (AvgIpc) is 2.58. The number of morpholine rings is 1. The topological polar surface area (TPSA) is 75.7 Å². The van der Waals surface area contributed by atoms with E-state index in [2.05, 4.69) is 25.5 Å². The normalized spacial score (nSPS) is 16.3. The fourth-order valence-corrected chi connectivity index (χ4v) is 5.75. The summed E-state index contributed by atoms with van der Waals surface area (Å²) in [6.07, 6.45) is 2.56. The Morgan fingerprint density at radius 3 is 2.32 bits per heavy atom. The molecule has 0 aromatic heterocycles. The van der Waals surface area contributed by atoms with Gasteiger partial charge in [-0.05, 0) is 50.1 Å². The second-order valence-corrected chi connectivity index (χ2v) is 11.5. The molecule has 0 saturated carbocycles. The minimum absolute atomic E-state index is 0.0216. The van der Waals surface area contributed by atoms with Crippen LogP contribution in [0.2, 0.25) is 0 Å². The minimum Gasteiger partial charge on any atom is -0.378 e. The van der Waals surface area contributed by atoms with Crippen molar-refractivity contribution in [3.05, 3.63) is 23.8 Å². The van der Waals surface area contributed by atoms with E-state index in [0.717, 1.165) is 4.90 Å².